The Morgan fingerprint density at radius 3 is 2.90 bits per heavy atom. The number of nitrogens with zero attached hydrogens (tertiary/aromatic N) is 2. The molecule has 21 heavy (non-hydrogen) atoms. The molecule has 0 spiro atoms. The van der Waals surface area contributed by atoms with Crippen LogP contribution in [0.15, 0.2) is 24.3 Å². The molecule has 1 atom stereocenters. The van der Waals surface area contributed by atoms with Gasteiger partial charge in [-0.3, -0.25) is 9.89 Å². The molecule has 5 heteroatoms. The van der Waals surface area contributed by atoms with Crippen molar-refractivity contribution in [3.05, 3.63) is 46.8 Å². The van der Waals surface area contributed by atoms with Gasteiger partial charge in [0.25, 0.3) is 5.91 Å². The first-order valence-corrected chi connectivity index (χ1v) is 7.25. The number of benzene rings is 1. The number of carbonyl (C=O) groups is 1. The lowest BCUT2D eigenvalue weighted by molar-refractivity contribution is 0.0710. The van der Waals surface area contributed by atoms with Crippen LogP contribution < -0.4 is 5.73 Å². The van der Waals surface area contributed by atoms with Gasteiger partial charge in [-0.2, -0.15) is 5.10 Å². The summed E-state index contributed by atoms with van der Waals surface area (Å²) in [5, 5.41) is 6.82. The quantitative estimate of drug-likeness (QED) is 0.889. The number of aryl methyl sites for hydroxylation is 2. The van der Waals surface area contributed by atoms with Crippen LogP contribution in [0.5, 0.6) is 0 Å². The second-order valence-electron chi connectivity index (χ2n) is 5.63. The maximum atomic E-state index is 12.7. The number of hydrogen-bond acceptors (Lipinski definition) is 3. The van der Waals surface area contributed by atoms with Gasteiger partial charge in [0.2, 0.25) is 0 Å². The molecule has 1 aromatic heterocycles. The molecule has 0 fully saturated rings. The van der Waals surface area contributed by atoms with Gasteiger partial charge in [-0.15, -0.1) is 0 Å². The number of anilines is 1. The van der Waals surface area contributed by atoms with Gasteiger partial charge in [-0.25, -0.2) is 0 Å². The van der Waals surface area contributed by atoms with Crippen LogP contribution in [-0.4, -0.2) is 28.1 Å². The molecule has 1 aliphatic rings. The zero-order valence-corrected chi connectivity index (χ0v) is 12.4. The van der Waals surface area contributed by atoms with Crippen molar-refractivity contribution in [2.75, 3.05) is 12.8 Å². The number of amides is 1. The minimum absolute atomic E-state index is 0.0962. The Bertz CT molecular complexity index is 677. The molecule has 1 unspecified atom stereocenters. The Morgan fingerprint density at radius 1 is 1.43 bits per heavy atom. The maximum absolute atomic E-state index is 12.7. The van der Waals surface area contributed by atoms with Gasteiger partial charge < -0.3 is 10.6 Å². The fourth-order valence-corrected chi connectivity index (χ4v) is 3.04. The van der Waals surface area contributed by atoms with E-state index >= 15 is 0 Å². The fraction of sp³-hybridized carbons (Fsp3) is 0.375. The number of rotatable bonds is 2. The molecule has 3 rings (SSSR count). The number of hydrogen-bond donors (Lipinski definition) is 2. The molecule has 1 amide bonds. The van der Waals surface area contributed by atoms with Gasteiger partial charge in [0.15, 0.2) is 5.69 Å². The predicted molar refractivity (Wildman–Crippen MR) is 82.0 cm³/mol. The Hall–Kier alpha value is -2.30. The van der Waals surface area contributed by atoms with Crippen molar-refractivity contribution in [1.29, 1.82) is 0 Å². The number of aromatic nitrogens is 2. The summed E-state index contributed by atoms with van der Waals surface area (Å²) in [4.78, 5) is 14.4. The van der Waals surface area contributed by atoms with Crippen molar-refractivity contribution in [3.8, 4) is 0 Å². The third-order valence-corrected chi connectivity index (χ3v) is 4.32. The number of nitrogens with two attached hydrogens (primary N) is 1. The third kappa shape index (κ3) is 2.28. The lowest BCUT2D eigenvalue weighted by Gasteiger charge is -2.33. The van der Waals surface area contributed by atoms with Gasteiger partial charge in [-0.05, 0) is 37.3 Å². The lowest BCUT2D eigenvalue weighted by Crippen LogP contribution is -2.34. The van der Waals surface area contributed by atoms with Crippen molar-refractivity contribution < 1.29 is 4.79 Å². The molecule has 0 saturated heterocycles. The normalized spacial score (nSPS) is 17.3. The molecular formula is C16H20N4O. The number of nitrogen functional groups attached to an aromatic ring is 1. The van der Waals surface area contributed by atoms with E-state index in [4.69, 9.17) is 5.73 Å². The molecule has 0 bridgehead atoms. The first kappa shape index (κ1) is 13.7. The van der Waals surface area contributed by atoms with Crippen molar-refractivity contribution >= 4 is 11.6 Å². The summed E-state index contributed by atoms with van der Waals surface area (Å²) in [6.07, 6.45) is 3.15. The van der Waals surface area contributed by atoms with E-state index in [1.54, 1.807) is 4.90 Å². The molecule has 110 valence electrons. The summed E-state index contributed by atoms with van der Waals surface area (Å²) in [5.41, 5.74) is 9.99. The zero-order valence-electron chi connectivity index (χ0n) is 12.4. The number of carbonyl (C=O) groups excluding carboxylic acids is 1. The molecule has 0 saturated carbocycles. The van der Waals surface area contributed by atoms with Crippen LogP contribution in [0.25, 0.3) is 0 Å². The number of fused-ring (bicyclic) bond motifs is 1. The molecule has 5 nitrogen and oxygen atoms in total. The number of nitrogens with one attached hydrogen (secondary N) is 1. The van der Waals surface area contributed by atoms with E-state index in [2.05, 4.69) is 28.4 Å². The molecule has 0 aliphatic heterocycles. The Labute approximate surface area is 124 Å². The van der Waals surface area contributed by atoms with E-state index in [1.807, 2.05) is 20.0 Å². The first-order valence-electron chi connectivity index (χ1n) is 7.25. The van der Waals surface area contributed by atoms with Gasteiger partial charge in [0.1, 0.15) is 0 Å². The van der Waals surface area contributed by atoms with Crippen molar-refractivity contribution in [1.82, 2.24) is 15.1 Å². The second-order valence-corrected chi connectivity index (χ2v) is 5.63. The number of aromatic amines is 1. The van der Waals surface area contributed by atoms with Crippen LogP contribution in [0.3, 0.4) is 0 Å². The molecule has 1 aromatic carbocycles. The van der Waals surface area contributed by atoms with E-state index in [0.29, 0.717) is 11.4 Å². The van der Waals surface area contributed by atoms with E-state index in [1.165, 1.54) is 11.1 Å². The van der Waals surface area contributed by atoms with E-state index < -0.39 is 0 Å². The molecule has 3 N–H and O–H groups in total. The Morgan fingerprint density at radius 2 is 2.19 bits per heavy atom. The largest absolute Gasteiger partial charge is 0.395 e. The van der Waals surface area contributed by atoms with E-state index in [-0.39, 0.29) is 11.9 Å². The van der Waals surface area contributed by atoms with Crippen LogP contribution >= 0.6 is 0 Å². The lowest BCUT2D eigenvalue weighted by atomic mass is 9.87. The highest BCUT2D eigenvalue weighted by molar-refractivity contribution is 5.97. The van der Waals surface area contributed by atoms with Crippen LogP contribution in [0, 0.1) is 6.92 Å². The van der Waals surface area contributed by atoms with Crippen LogP contribution in [0.2, 0.25) is 0 Å². The van der Waals surface area contributed by atoms with Gasteiger partial charge in [-0.1, -0.05) is 24.3 Å². The summed E-state index contributed by atoms with van der Waals surface area (Å²) in [6, 6.07) is 8.44. The fourth-order valence-electron chi connectivity index (χ4n) is 3.04. The van der Waals surface area contributed by atoms with Crippen LogP contribution in [0.1, 0.15) is 46.2 Å². The minimum Gasteiger partial charge on any atom is -0.395 e. The second kappa shape index (κ2) is 5.24. The number of H-pyrrole nitrogens is 1. The molecular weight excluding hydrogens is 264 g/mol. The van der Waals surface area contributed by atoms with Crippen molar-refractivity contribution in [2.24, 2.45) is 0 Å². The topological polar surface area (TPSA) is 75.0 Å². The summed E-state index contributed by atoms with van der Waals surface area (Å²) in [7, 11) is 1.83. The molecule has 1 heterocycles. The molecule has 1 aliphatic carbocycles. The first-order chi connectivity index (χ1) is 10.1. The molecule has 2 aromatic rings. The van der Waals surface area contributed by atoms with Gasteiger partial charge >= 0.3 is 0 Å². The summed E-state index contributed by atoms with van der Waals surface area (Å²) in [5.74, 6) is -0.126. The maximum Gasteiger partial charge on any atom is 0.276 e. The van der Waals surface area contributed by atoms with Crippen molar-refractivity contribution in [3.63, 3.8) is 0 Å². The van der Waals surface area contributed by atoms with Crippen molar-refractivity contribution in [2.45, 2.75) is 32.2 Å². The van der Waals surface area contributed by atoms with Crippen LogP contribution in [0.4, 0.5) is 5.69 Å². The van der Waals surface area contributed by atoms with E-state index in [0.717, 1.165) is 25.0 Å². The predicted octanol–water partition coefficient (Wildman–Crippen LogP) is 2.45. The highest BCUT2D eigenvalue weighted by Gasteiger charge is 2.29. The summed E-state index contributed by atoms with van der Waals surface area (Å²) < 4.78 is 0. The standard InChI is InChI=1S/C16H20N4O/c1-10-14(17)15(19-18-10)16(21)20(2)13-9-5-7-11-6-3-4-8-12(11)13/h3-4,6,8,13H,5,7,9,17H2,1-2H3,(H,18,19). The molecule has 0 radical (unpaired) electrons. The van der Waals surface area contributed by atoms with Gasteiger partial charge in [0, 0.05) is 7.05 Å². The van der Waals surface area contributed by atoms with Gasteiger partial charge in [0.05, 0.1) is 17.4 Å². The highest BCUT2D eigenvalue weighted by atomic mass is 16.2. The van der Waals surface area contributed by atoms with E-state index in [9.17, 15) is 4.79 Å². The SMILES string of the molecule is Cc1[nH]nc(C(=O)N(C)C2CCCc3ccccc32)c1N. The Balaban J connectivity index is 1.91. The smallest absolute Gasteiger partial charge is 0.276 e. The zero-order chi connectivity index (χ0) is 15.0. The summed E-state index contributed by atoms with van der Waals surface area (Å²) >= 11 is 0. The minimum atomic E-state index is -0.126. The highest BCUT2D eigenvalue weighted by Crippen LogP contribution is 2.34. The third-order valence-electron chi connectivity index (χ3n) is 4.32. The van der Waals surface area contributed by atoms with Crippen LogP contribution in [-0.2, 0) is 6.42 Å². The Kier molecular flexibility index (Phi) is 3.41. The average molecular weight is 284 g/mol. The summed E-state index contributed by atoms with van der Waals surface area (Å²) in [6.45, 7) is 1.81. The monoisotopic (exact) mass is 284 g/mol. The average Bonchev–Trinajstić information content (AvgIpc) is 2.85.